The Labute approximate surface area is 114 Å². The van der Waals surface area contributed by atoms with Crippen LogP contribution < -0.4 is 16.0 Å². The van der Waals surface area contributed by atoms with E-state index in [1.807, 2.05) is 0 Å². The molecular formula is C14H24N2OS. The third kappa shape index (κ3) is 3.05. The number of nitrogens with two attached hydrogens (primary N) is 1. The quantitative estimate of drug-likeness (QED) is 0.635. The lowest BCUT2D eigenvalue weighted by atomic mass is 9.76. The molecule has 18 heavy (non-hydrogen) atoms. The second-order valence-electron chi connectivity index (χ2n) is 5.23. The third-order valence-electron chi connectivity index (χ3n) is 4.19. The van der Waals surface area contributed by atoms with E-state index in [9.17, 15) is 0 Å². The van der Waals surface area contributed by atoms with Gasteiger partial charge in [-0.3, -0.25) is 11.3 Å². The first kappa shape index (κ1) is 13.8. The molecule has 0 bridgehead atoms. The Bertz CT molecular complexity index is 366. The standard InChI is InChI=1S/C14H24N2OS/c1-3-10-5-4-6-11(7-10)14(16-15)13-8-12(17-2)9-18-13/h8-11,14,16H,3-7,15H2,1-2H3. The molecular weight excluding hydrogens is 244 g/mol. The molecule has 2 rings (SSSR count). The van der Waals surface area contributed by atoms with Crippen molar-refractivity contribution in [2.45, 2.75) is 45.1 Å². The molecule has 0 amide bonds. The van der Waals surface area contributed by atoms with Crippen LogP contribution in [0.25, 0.3) is 0 Å². The first-order chi connectivity index (χ1) is 8.78. The highest BCUT2D eigenvalue weighted by Gasteiger charge is 2.29. The summed E-state index contributed by atoms with van der Waals surface area (Å²) in [7, 11) is 1.71. The Balaban J connectivity index is 2.07. The molecule has 3 N–H and O–H groups in total. The van der Waals surface area contributed by atoms with Crippen LogP contribution in [0.15, 0.2) is 11.4 Å². The van der Waals surface area contributed by atoms with Crippen LogP contribution in [0.4, 0.5) is 0 Å². The number of methoxy groups -OCH3 is 1. The minimum absolute atomic E-state index is 0.285. The van der Waals surface area contributed by atoms with Gasteiger partial charge in [-0.2, -0.15) is 0 Å². The Hall–Kier alpha value is -0.580. The van der Waals surface area contributed by atoms with Crippen molar-refractivity contribution in [3.63, 3.8) is 0 Å². The number of hydrogen-bond acceptors (Lipinski definition) is 4. The van der Waals surface area contributed by atoms with Gasteiger partial charge in [-0.15, -0.1) is 11.3 Å². The molecule has 1 saturated carbocycles. The highest BCUT2D eigenvalue weighted by molar-refractivity contribution is 7.10. The normalized spacial score (nSPS) is 25.9. The summed E-state index contributed by atoms with van der Waals surface area (Å²) in [5.41, 5.74) is 3.02. The van der Waals surface area contributed by atoms with E-state index in [-0.39, 0.29) is 6.04 Å². The second-order valence-corrected chi connectivity index (χ2v) is 6.18. The van der Waals surface area contributed by atoms with Gasteiger partial charge >= 0.3 is 0 Å². The summed E-state index contributed by atoms with van der Waals surface area (Å²) in [6, 6.07) is 2.40. The summed E-state index contributed by atoms with van der Waals surface area (Å²) in [6.07, 6.45) is 6.60. The molecule has 0 spiro atoms. The average Bonchev–Trinajstić information content (AvgIpc) is 2.88. The lowest BCUT2D eigenvalue weighted by Crippen LogP contribution is -2.35. The smallest absolute Gasteiger partial charge is 0.129 e. The van der Waals surface area contributed by atoms with Crippen LogP contribution in [0.1, 0.15) is 49.9 Å². The molecule has 1 aromatic rings. The number of nitrogens with one attached hydrogen (secondary N) is 1. The van der Waals surface area contributed by atoms with Gasteiger partial charge in [-0.25, -0.2) is 0 Å². The number of hydrazine groups is 1. The Morgan fingerprint density at radius 1 is 1.56 bits per heavy atom. The van der Waals surface area contributed by atoms with Crippen LogP contribution in [0.5, 0.6) is 5.75 Å². The van der Waals surface area contributed by atoms with Gasteiger partial charge in [0.2, 0.25) is 0 Å². The van der Waals surface area contributed by atoms with Crippen LogP contribution >= 0.6 is 11.3 Å². The second kappa shape index (κ2) is 6.55. The molecule has 3 atom stereocenters. The van der Waals surface area contributed by atoms with Crippen LogP contribution in [-0.4, -0.2) is 7.11 Å². The summed E-state index contributed by atoms with van der Waals surface area (Å²) >= 11 is 1.74. The molecule has 0 aliphatic heterocycles. The first-order valence-corrected chi connectivity index (χ1v) is 7.75. The van der Waals surface area contributed by atoms with Gasteiger partial charge in [0.15, 0.2) is 0 Å². The van der Waals surface area contributed by atoms with Gasteiger partial charge in [-0.05, 0) is 30.7 Å². The summed E-state index contributed by atoms with van der Waals surface area (Å²) in [6.45, 7) is 2.30. The zero-order valence-electron chi connectivity index (χ0n) is 11.3. The SMILES string of the molecule is CCC1CCCC(C(NN)c2cc(OC)cs2)C1. The van der Waals surface area contributed by atoms with E-state index in [1.165, 1.54) is 37.0 Å². The number of ether oxygens (including phenoxy) is 1. The molecule has 0 aromatic carbocycles. The van der Waals surface area contributed by atoms with Crippen LogP contribution in [0.2, 0.25) is 0 Å². The minimum atomic E-state index is 0.285. The number of rotatable bonds is 5. The van der Waals surface area contributed by atoms with Gasteiger partial charge in [0, 0.05) is 10.3 Å². The lowest BCUT2D eigenvalue weighted by molar-refractivity contribution is 0.211. The van der Waals surface area contributed by atoms with Crippen LogP contribution in [-0.2, 0) is 0 Å². The number of hydrogen-bond donors (Lipinski definition) is 2. The zero-order valence-corrected chi connectivity index (χ0v) is 12.1. The Morgan fingerprint density at radius 3 is 3.00 bits per heavy atom. The first-order valence-electron chi connectivity index (χ1n) is 6.87. The van der Waals surface area contributed by atoms with Gasteiger partial charge in [-0.1, -0.05) is 26.2 Å². The van der Waals surface area contributed by atoms with Gasteiger partial charge in [0.25, 0.3) is 0 Å². The largest absolute Gasteiger partial charge is 0.496 e. The molecule has 1 aliphatic carbocycles. The van der Waals surface area contributed by atoms with Gasteiger partial charge < -0.3 is 4.74 Å². The molecule has 1 heterocycles. The summed E-state index contributed by atoms with van der Waals surface area (Å²) < 4.78 is 5.26. The van der Waals surface area contributed by atoms with E-state index in [2.05, 4.69) is 23.8 Å². The topological polar surface area (TPSA) is 47.3 Å². The maximum Gasteiger partial charge on any atom is 0.129 e. The number of thiophene rings is 1. The fraction of sp³-hybridized carbons (Fsp3) is 0.714. The molecule has 3 unspecified atom stereocenters. The predicted octanol–water partition coefficient (Wildman–Crippen LogP) is 3.48. The molecule has 1 fully saturated rings. The molecule has 1 aliphatic rings. The van der Waals surface area contributed by atoms with Crippen molar-refractivity contribution in [3.05, 3.63) is 16.3 Å². The molecule has 102 valence electrons. The van der Waals surface area contributed by atoms with Gasteiger partial charge in [0.1, 0.15) is 5.75 Å². The highest BCUT2D eigenvalue weighted by atomic mass is 32.1. The Morgan fingerprint density at radius 2 is 2.39 bits per heavy atom. The molecule has 3 nitrogen and oxygen atoms in total. The zero-order chi connectivity index (χ0) is 13.0. The predicted molar refractivity (Wildman–Crippen MR) is 76.7 cm³/mol. The van der Waals surface area contributed by atoms with Crippen molar-refractivity contribution in [2.75, 3.05) is 7.11 Å². The summed E-state index contributed by atoms with van der Waals surface area (Å²) in [5, 5.41) is 2.06. The molecule has 0 saturated heterocycles. The average molecular weight is 268 g/mol. The lowest BCUT2D eigenvalue weighted by Gasteiger charge is -2.33. The fourth-order valence-electron chi connectivity index (χ4n) is 3.06. The third-order valence-corrected chi connectivity index (χ3v) is 5.18. The molecule has 4 heteroatoms. The van der Waals surface area contributed by atoms with Crippen molar-refractivity contribution in [1.29, 1.82) is 0 Å². The van der Waals surface area contributed by atoms with E-state index in [0.29, 0.717) is 5.92 Å². The van der Waals surface area contributed by atoms with E-state index in [0.717, 1.165) is 11.7 Å². The van der Waals surface area contributed by atoms with Crippen molar-refractivity contribution in [2.24, 2.45) is 17.7 Å². The summed E-state index contributed by atoms with van der Waals surface area (Å²) in [4.78, 5) is 1.30. The van der Waals surface area contributed by atoms with Crippen LogP contribution in [0.3, 0.4) is 0 Å². The Kier molecular flexibility index (Phi) is 5.03. The highest BCUT2D eigenvalue weighted by Crippen LogP contribution is 2.40. The van der Waals surface area contributed by atoms with E-state index in [1.54, 1.807) is 18.4 Å². The van der Waals surface area contributed by atoms with E-state index < -0.39 is 0 Å². The van der Waals surface area contributed by atoms with Crippen molar-refractivity contribution in [1.82, 2.24) is 5.43 Å². The monoisotopic (exact) mass is 268 g/mol. The van der Waals surface area contributed by atoms with E-state index in [4.69, 9.17) is 10.6 Å². The van der Waals surface area contributed by atoms with E-state index >= 15 is 0 Å². The van der Waals surface area contributed by atoms with Crippen molar-refractivity contribution in [3.8, 4) is 5.75 Å². The minimum Gasteiger partial charge on any atom is -0.496 e. The van der Waals surface area contributed by atoms with Gasteiger partial charge in [0.05, 0.1) is 13.2 Å². The van der Waals surface area contributed by atoms with Crippen molar-refractivity contribution >= 4 is 11.3 Å². The fourth-order valence-corrected chi connectivity index (χ4v) is 4.07. The molecule has 0 radical (unpaired) electrons. The maximum atomic E-state index is 5.79. The maximum absolute atomic E-state index is 5.79. The van der Waals surface area contributed by atoms with Crippen LogP contribution in [0, 0.1) is 11.8 Å². The molecule has 1 aromatic heterocycles. The summed E-state index contributed by atoms with van der Waals surface area (Å²) in [5.74, 6) is 8.27. The van der Waals surface area contributed by atoms with Crippen molar-refractivity contribution < 1.29 is 4.74 Å².